The van der Waals surface area contributed by atoms with Crippen LogP contribution in [0.2, 0.25) is 0 Å². The minimum atomic E-state index is -0.0680. The molecule has 5 nitrogen and oxygen atoms in total. The molecule has 2 aromatic carbocycles. The Morgan fingerprint density at radius 2 is 1.96 bits per heavy atom. The summed E-state index contributed by atoms with van der Waals surface area (Å²) in [5.41, 5.74) is 5.99. The normalized spacial score (nSPS) is 18.9. The van der Waals surface area contributed by atoms with E-state index in [1.807, 2.05) is 22.6 Å². The summed E-state index contributed by atoms with van der Waals surface area (Å²) in [5.74, 6) is 0.635. The Labute approximate surface area is 179 Å². The van der Waals surface area contributed by atoms with Gasteiger partial charge in [-0.25, -0.2) is 5.43 Å². The van der Waals surface area contributed by atoms with Gasteiger partial charge < -0.3 is 9.84 Å². The minimum absolute atomic E-state index is 0.0351. The van der Waals surface area contributed by atoms with Crippen LogP contribution in [0.5, 0.6) is 11.5 Å². The first kappa shape index (κ1) is 20.6. The molecule has 2 atom stereocenters. The maximum Gasteiger partial charge on any atom is 0.243 e. The van der Waals surface area contributed by atoms with Crippen LogP contribution in [-0.2, 0) is 10.2 Å². The number of amides is 1. The number of rotatable bonds is 5. The molecule has 1 aliphatic rings. The predicted molar refractivity (Wildman–Crippen MR) is 119 cm³/mol. The summed E-state index contributed by atoms with van der Waals surface area (Å²) in [7, 11) is 1.50. The molecule has 0 spiro atoms. The number of nitrogens with zero attached hydrogens (tertiary/aromatic N) is 1. The summed E-state index contributed by atoms with van der Waals surface area (Å²) in [5, 5.41) is 13.9. The quantitative estimate of drug-likeness (QED) is 0.366. The number of benzene rings is 2. The van der Waals surface area contributed by atoms with Crippen molar-refractivity contribution in [3.63, 3.8) is 0 Å². The fraction of sp³-hybridized carbons (Fsp3) is 0.364. The van der Waals surface area contributed by atoms with Gasteiger partial charge in [0.25, 0.3) is 0 Å². The summed E-state index contributed by atoms with van der Waals surface area (Å²) in [4.78, 5) is 12.4. The third-order valence-corrected chi connectivity index (χ3v) is 5.81. The Balaban J connectivity index is 1.58. The minimum Gasteiger partial charge on any atom is -0.504 e. The second kappa shape index (κ2) is 8.11. The molecule has 0 unspecified atom stereocenters. The number of phenols is 1. The Bertz CT molecular complexity index is 901. The van der Waals surface area contributed by atoms with Gasteiger partial charge in [-0.2, -0.15) is 5.10 Å². The van der Waals surface area contributed by atoms with Crippen LogP contribution < -0.4 is 10.2 Å². The first-order valence-electron chi connectivity index (χ1n) is 9.20. The maximum atomic E-state index is 12.4. The number of methoxy groups -OCH3 is 1. The molecule has 0 radical (unpaired) electrons. The number of halogens is 1. The lowest BCUT2D eigenvalue weighted by molar-refractivity contribution is -0.122. The molecule has 0 bridgehead atoms. The van der Waals surface area contributed by atoms with Crippen LogP contribution in [0.1, 0.15) is 49.8 Å². The van der Waals surface area contributed by atoms with Crippen LogP contribution in [0.25, 0.3) is 0 Å². The van der Waals surface area contributed by atoms with E-state index in [4.69, 9.17) is 4.74 Å². The molecule has 0 aliphatic heterocycles. The van der Waals surface area contributed by atoms with Gasteiger partial charge in [0.2, 0.25) is 5.91 Å². The number of phenolic OH excluding ortho intramolecular Hbond substituents is 1. The smallest absolute Gasteiger partial charge is 0.243 e. The van der Waals surface area contributed by atoms with Crippen molar-refractivity contribution >= 4 is 34.7 Å². The summed E-state index contributed by atoms with van der Waals surface area (Å²) in [6.45, 7) is 6.58. The molecule has 6 heteroatoms. The number of ether oxygens (including phenoxy) is 1. The van der Waals surface area contributed by atoms with Crippen molar-refractivity contribution in [2.45, 2.75) is 38.5 Å². The van der Waals surface area contributed by atoms with Gasteiger partial charge in [0.1, 0.15) is 0 Å². The molecule has 3 rings (SSSR count). The molecule has 0 aromatic heterocycles. The number of hydrogen-bond donors (Lipinski definition) is 2. The van der Waals surface area contributed by atoms with Gasteiger partial charge in [-0.05, 0) is 69.2 Å². The highest BCUT2D eigenvalue weighted by atomic mass is 127. The van der Waals surface area contributed by atoms with Crippen molar-refractivity contribution in [3.05, 3.63) is 56.7 Å². The number of carbonyl (C=O) groups is 1. The molecule has 2 aromatic rings. The Morgan fingerprint density at radius 1 is 1.29 bits per heavy atom. The fourth-order valence-corrected chi connectivity index (χ4v) is 3.79. The SMILES string of the molecule is COc1cc(C=NNC(=O)[C@@H]2C[C@@H]2c2ccc(C(C)(C)C)cc2)cc(I)c1O. The van der Waals surface area contributed by atoms with Crippen LogP contribution in [0.15, 0.2) is 41.5 Å². The fourth-order valence-electron chi connectivity index (χ4n) is 3.16. The van der Waals surface area contributed by atoms with E-state index in [1.54, 1.807) is 18.3 Å². The van der Waals surface area contributed by atoms with E-state index in [2.05, 4.69) is 55.6 Å². The highest BCUT2D eigenvalue weighted by molar-refractivity contribution is 14.1. The Kier molecular flexibility index (Phi) is 5.98. The van der Waals surface area contributed by atoms with Gasteiger partial charge in [0.15, 0.2) is 11.5 Å². The topological polar surface area (TPSA) is 70.9 Å². The van der Waals surface area contributed by atoms with E-state index in [0.29, 0.717) is 9.32 Å². The molecule has 1 fully saturated rings. The van der Waals surface area contributed by atoms with E-state index in [-0.39, 0.29) is 28.9 Å². The lowest BCUT2D eigenvalue weighted by Gasteiger charge is -2.19. The van der Waals surface area contributed by atoms with E-state index < -0.39 is 0 Å². The largest absolute Gasteiger partial charge is 0.504 e. The van der Waals surface area contributed by atoms with Crippen molar-refractivity contribution in [2.75, 3.05) is 7.11 Å². The number of carbonyl (C=O) groups excluding carboxylic acids is 1. The van der Waals surface area contributed by atoms with Crippen LogP contribution in [0, 0.1) is 9.49 Å². The highest BCUT2D eigenvalue weighted by Gasteiger charge is 2.44. The van der Waals surface area contributed by atoms with E-state index in [1.165, 1.54) is 18.2 Å². The zero-order chi connectivity index (χ0) is 20.5. The standard InChI is InChI=1S/C22H25IN2O3/c1-22(2,3)15-7-5-14(6-8-15)16-11-17(16)21(27)25-24-12-13-9-18(23)20(26)19(10-13)28-4/h5-10,12,16-17,26H,11H2,1-4H3,(H,25,27)/t16-,17-/m1/s1. The highest BCUT2D eigenvalue weighted by Crippen LogP contribution is 2.47. The van der Waals surface area contributed by atoms with Gasteiger partial charge >= 0.3 is 0 Å². The van der Waals surface area contributed by atoms with E-state index >= 15 is 0 Å². The van der Waals surface area contributed by atoms with Gasteiger partial charge in [0.05, 0.1) is 16.9 Å². The third-order valence-electron chi connectivity index (χ3n) is 4.99. The maximum absolute atomic E-state index is 12.4. The molecule has 0 saturated heterocycles. The molecular weight excluding hydrogens is 467 g/mol. The van der Waals surface area contributed by atoms with Crippen LogP contribution >= 0.6 is 22.6 Å². The first-order valence-corrected chi connectivity index (χ1v) is 10.3. The molecule has 2 N–H and O–H groups in total. The summed E-state index contributed by atoms with van der Waals surface area (Å²) >= 11 is 2.02. The molecular formula is C22H25IN2O3. The van der Waals surface area contributed by atoms with Crippen LogP contribution in [-0.4, -0.2) is 24.3 Å². The van der Waals surface area contributed by atoms with Crippen molar-refractivity contribution in [1.82, 2.24) is 5.43 Å². The second-order valence-corrected chi connectivity index (χ2v) is 9.27. The monoisotopic (exact) mass is 492 g/mol. The number of aromatic hydroxyl groups is 1. The molecule has 148 valence electrons. The molecule has 28 heavy (non-hydrogen) atoms. The van der Waals surface area contributed by atoms with Crippen molar-refractivity contribution in [1.29, 1.82) is 0 Å². The van der Waals surface area contributed by atoms with E-state index in [0.717, 1.165) is 12.0 Å². The van der Waals surface area contributed by atoms with Crippen LogP contribution in [0.4, 0.5) is 0 Å². The van der Waals surface area contributed by atoms with Gasteiger partial charge in [-0.3, -0.25) is 4.79 Å². The molecule has 1 aliphatic carbocycles. The van der Waals surface area contributed by atoms with Crippen molar-refractivity contribution < 1.29 is 14.6 Å². The Morgan fingerprint density at radius 3 is 2.57 bits per heavy atom. The van der Waals surface area contributed by atoms with Crippen molar-refractivity contribution in [3.8, 4) is 11.5 Å². The zero-order valence-corrected chi connectivity index (χ0v) is 18.6. The van der Waals surface area contributed by atoms with Gasteiger partial charge in [-0.1, -0.05) is 45.0 Å². The number of hydrazone groups is 1. The molecule has 0 heterocycles. The number of nitrogens with one attached hydrogen (secondary N) is 1. The van der Waals surface area contributed by atoms with Crippen LogP contribution in [0.3, 0.4) is 0 Å². The summed E-state index contributed by atoms with van der Waals surface area (Å²) in [6, 6.07) is 12.0. The predicted octanol–water partition coefficient (Wildman–Crippen LogP) is 4.56. The second-order valence-electron chi connectivity index (χ2n) is 8.11. The lowest BCUT2D eigenvalue weighted by atomic mass is 9.86. The summed E-state index contributed by atoms with van der Waals surface area (Å²) < 4.78 is 5.79. The molecule has 1 amide bonds. The third kappa shape index (κ3) is 4.66. The van der Waals surface area contributed by atoms with E-state index in [9.17, 15) is 9.90 Å². The van der Waals surface area contributed by atoms with Crippen molar-refractivity contribution in [2.24, 2.45) is 11.0 Å². The first-order chi connectivity index (χ1) is 13.2. The van der Waals surface area contributed by atoms with Gasteiger partial charge in [0, 0.05) is 5.92 Å². The average Bonchev–Trinajstić information content (AvgIpc) is 3.44. The average molecular weight is 492 g/mol. The number of hydrogen-bond acceptors (Lipinski definition) is 4. The summed E-state index contributed by atoms with van der Waals surface area (Å²) in [6.07, 6.45) is 2.40. The molecule has 1 saturated carbocycles. The zero-order valence-electron chi connectivity index (χ0n) is 16.5. The Hall–Kier alpha value is -2.09. The lowest BCUT2D eigenvalue weighted by Crippen LogP contribution is -2.20. The van der Waals surface area contributed by atoms with Gasteiger partial charge in [-0.15, -0.1) is 0 Å².